The van der Waals surface area contributed by atoms with E-state index in [4.69, 9.17) is 0 Å². The third-order valence-electron chi connectivity index (χ3n) is 6.09. The van der Waals surface area contributed by atoms with Crippen molar-refractivity contribution in [1.29, 1.82) is 0 Å². The first-order valence-corrected chi connectivity index (χ1v) is 9.20. The summed E-state index contributed by atoms with van der Waals surface area (Å²) in [7, 11) is 0. The van der Waals surface area contributed by atoms with Crippen LogP contribution in [0.15, 0.2) is 23.0 Å². The number of carboxylic acids is 1. The zero-order valence-electron chi connectivity index (χ0n) is 14.6. The summed E-state index contributed by atoms with van der Waals surface area (Å²) >= 11 is 0. The van der Waals surface area contributed by atoms with Crippen molar-refractivity contribution < 1.29 is 14.7 Å². The second-order valence-electron chi connectivity index (χ2n) is 7.64. The summed E-state index contributed by atoms with van der Waals surface area (Å²) < 4.78 is 0. The highest BCUT2D eigenvalue weighted by atomic mass is 16.4. The molecule has 2 aliphatic rings. The van der Waals surface area contributed by atoms with Crippen molar-refractivity contribution in [2.75, 3.05) is 13.1 Å². The number of carboxylic acid groups (broad SMARTS) is 1. The number of aliphatic carboxylic acids is 1. The topological polar surface area (TPSA) is 106 Å². The van der Waals surface area contributed by atoms with Crippen LogP contribution >= 0.6 is 0 Å². The largest absolute Gasteiger partial charge is 0.481 e. The molecule has 3 N–H and O–H groups in total. The molecule has 2 atom stereocenters. The average Bonchev–Trinajstić information content (AvgIpc) is 3.25. The number of benzene rings is 1. The number of amides is 1. The molecular formula is C19H23N3O4. The van der Waals surface area contributed by atoms with Crippen LogP contribution in [0.4, 0.5) is 0 Å². The predicted octanol–water partition coefficient (Wildman–Crippen LogP) is 1.89. The monoisotopic (exact) mass is 357 g/mol. The van der Waals surface area contributed by atoms with Crippen molar-refractivity contribution in [1.82, 2.24) is 14.9 Å². The number of aryl methyl sites for hydroxylation is 1. The van der Waals surface area contributed by atoms with Gasteiger partial charge in [0.2, 0.25) is 5.91 Å². The summed E-state index contributed by atoms with van der Waals surface area (Å²) in [6, 6.07) is 5.75. The molecule has 1 aliphatic heterocycles. The molecule has 2 fully saturated rings. The smallest absolute Gasteiger partial charge is 0.323 e. The van der Waals surface area contributed by atoms with E-state index in [1.54, 1.807) is 4.90 Å². The molecule has 1 saturated heterocycles. The summed E-state index contributed by atoms with van der Waals surface area (Å²) in [5.41, 5.74) is 1.69. The summed E-state index contributed by atoms with van der Waals surface area (Å²) in [6.07, 6.45) is 4.42. The van der Waals surface area contributed by atoms with E-state index in [9.17, 15) is 19.5 Å². The number of carbonyl (C=O) groups is 2. The summed E-state index contributed by atoms with van der Waals surface area (Å²) in [5.74, 6) is -0.586. The predicted molar refractivity (Wildman–Crippen MR) is 95.8 cm³/mol. The Hall–Kier alpha value is -2.57. The van der Waals surface area contributed by atoms with E-state index in [-0.39, 0.29) is 17.5 Å². The number of fused-ring (bicyclic) bond motifs is 2. The van der Waals surface area contributed by atoms with Gasteiger partial charge in [-0.2, -0.15) is 0 Å². The highest BCUT2D eigenvalue weighted by molar-refractivity contribution is 5.81. The molecule has 0 spiro atoms. The molecule has 0 radical (unpaired) electrons. The van der Waals surface area contributed by atoms with Crippen LogP contribution in [0.25, 0.3) is 11.0 Å². The quantitative estimate of drug-likeness (QED) is 0.760. The molecule has 1 aromatic heterocycles. The highest BCUT2D eigenvalue weighted by Gasteiger charge is 2.55. The lowest BCUT2D eigenvalue weighted by Crippen LogP contribution is -2.37. The Morgan fingerprint density at radius 1 is 1.27 bits per heavy atom. The van der Waals surface area contributed by atoms with Gasteiger partial charge in [-0.15, -0.1) is 0 Å². The Morgan fingerprint density at radius 3 is 2.85 bits per heavy atom. The van der Waals surface area contributed by atoms with E-state index >= 15 is 0 Å². The molecule has 0 unspecified atom stereocenters. The maximum atomic E-state index is 12.5. The van der Waals surface area contributed by atoms with Crippen LogP contribution in [0, 0.1) is 11.3 Å². The first kappa shape index (κ1) is 16.9. The standard InChI is InChI=1S/C19H23N3O4/c23-16(22-10-13-4-2-8-19(13,11-22)17(24)25)5-1-3-12-6-7-14-15(9-12)21-18(26)20-14/h6-7,9,13H,1-5,8,10-11H2,(H,24,25)(H2,20,21,26)/t13-,19+/m0/s1. The van der Waals surface area contributed by atoms with Crippen LogP contribution in [0.2, 0.25) is 0 Å². The van der Waals surface area contributed by atoms with Gasteiger partial charge in [-0.05, 0) is 49.3 Å². The van der Waals surface area contributed by atoms with Crippen molar-refractivity contribution in [2.24, 2.45) is 11.3 Å². The van der Waals surface area contributed by atoms with Gasteiger partial charge in [0, 0.05) is 19.5 Å². The number of imidazole rings is 1. The molecule has 1 saturated carbocycles. The molecule has 26 heavy (non-hydrogen) atoms. The van der Waals surface area contributed by atoms with Crippen molar-refractivity contribution in [3.63, 3.8) is 0 Å². The van der Waals surface area contributed by atoms with Crippen LogP contribution in [0.3, 0.4) is 0 Å². The van der Waals surface area contributed by atoms with Gasteiger partial charge in [-0.25, -0.2) is 4.79 Å². The fourth-order valence-electron chi connectivity index (χ4n) is 4.67. The normalized spacial score (nSPS) is 24.9. The summed E-state index contributed by atoms with van der Waals surface area (Å²) in [6.45, 7) is 0.948. The lowest BCUT2D eigenvalue weighted by molar-refractivity contribution is -0.149. The van der Waals surface area contributed by atoms with Crippen molar-refractivity contribution in [3.05, 3.63) is 34.2 Å². The van der Waals surface area contributed by atoms with E-state index in [2.05, 4.69) is 9.97 Å². The van der Waals surface area contributed by atoms with Gasteiger partial charge in [0.05, 0.1) is 16.4 Å². The number of hydrogen-bond donors (Lipinski definition) is 3. The highest BCUT2D eigenvalue weighted by Crippen LogP contribution is 2.49. The van der Waals surface area contributed by atoms with Crippen molar-refractivity contribution >= 4 is 22.9 Å². The number of nitrogens with zero attached hydrogens (tertiary/aromatic N) is 1. The number of carbonyl (C=O) groups excluding carboxylic acids is 1. The summed E-state index contributed by atoms with van der Waals surface area (Å²) in [4.78, 5) is 42.7. The van der Waals surface area contributed by atoms with Gasteiger partial charge >= 0.3 is 11.7 Å². The number of H-pyrrole nitrogens is 2. The maximum absolute atomic E-state index is 12.5. The third-order valence-corrected chi connectivity index (χ3v) is 6.09. The number of hydrogen-bond acceptors (Lipinski definition) is 3. The van der Waals surface area contributed by atoms with Crippen LogP contribution in [-0.2, 0) is 16.0 Å². The maximum Gasteiger partial charge on any atom is 0.323 e. The fourth-order valence-corrected chi connectivity index (χ4v) is 4.67. The minimum atomic E-state index is -0.746. The van der Waals surface area contributed by atoms with E-state index in [0.29, 0.717) is 32.4 Å². The van der Waals surface area contributed by atoms with Crippen molar-refractivity contribution in [2.45, 2.75) is 38.5 Å². The van der Waals surface area contributed by atoms with Gasteiger partial charge in [0.25, 0.3) is 0 Å². The van der Waals surface area contributed by atoms with Gasteiger partial charge in [-0.3, -0.25) is 9.59 Å². The van der Waals surface area contributed by atoms with Crippen LogP contribution < -0.4 is 5.69 Å². The number of nitrogens with one attached hydrogen (secondary N) is 2. The minimum absolute atomic E-state index is 0.0520. The Balaban J connectivity index is 1.34. The van der Waals surface area contributed by atoms with Gasteiger partial charge < -0.3 is 20.0 Å². The zero-order valence-corrected chi connectivity index (χ0v) is 14.6. The zero-order chi connectivity index (χ0) is 18.3. The Morgan fingerprint density at radius 2 is 2.08 bits per heavy atom. The first-order chi connectivity index (χ1) is 12.5. The van der Waals surface area contributed by atoms with Crippen LogP contribution in [0.5, 0.6) is 0 Å². The van der Waals surface area contributed by atoms with E-state index in [1.165, 1.54) is 0 Å². The van der Waals surface area contributed by atoms with Gasteiger partial charge in [0.1, 0.15) is 0 Å². The average molecular weight is 357 g/mol. The molecule has 138 valence electrons. The van der Waals surface area contributed by atoms with E-state index in [0.717, 1.165) is 35.9 Å². The molecule has 7 nitrogen and oxygen atoms in total. The first-order valence-electron chi connectivity index (χ1n) is 9.20. The molecule has 1 aromatic carbocycles. The second-order valence-corrected chi connectivity index (χ2v) is 7.64. The molecule has 0 bridgehead atoms. The second kappa shape index (κ2) is 6.30. The van der Waals surface area contributed by atoms with Gasteiger partial charge in [-0.1, -0.05) is 12.5 Å². The number of aromatic nitrogens is 2. The Bertz CT molecular complexity index is 915. The van der Waals surface area contributed by atoms with Crippen LogP contribution in [0.1, 0.15) is 37.7 Å². The van der Waals surface area contributed by atoms with Crippen LogP contribution in [-0.4, -0.2) is 44.9 Å². The molecule has 1 aliphatic carbocycles. The van der Waals surface area contributed by atoms with Gasteiger partial charge in [0.15, 0.2) is 0 Å². The Kier molecular flexibility index (Phi) is 4.09. The number of rotatable bonds is 5. The van der Waals surface area contributed by atoms with E-state index < -0.39 is 11.4 Å². The lowest BCUT2D eigenvalue weighted by atomic mass is 9.81. The third kappa shape index (κ3) is 2.81. The molecule has 4 rings (SSSR count). The fraction of sp³-hybridized carbons (Fsp3) is 0.526. The number of aromatic amines is 2. The summed E-state index contributed by atoms with van der Waals surface area (Å²) in [5, 5.41) is 9.62. The SMILES string of the molecule is O=C(CCCc1ccc2[nH]c(=O)[nH]c2c1)N1C[C@@H]2CCC[C@@]2(C(=O)O)C1. The Labute approximate surface area is 150 Å². The molecule has 2 heterocycles. The molecular weight excluding hydrogens is 334 g/mol. The molecule has 7 heteroatoms. The molecule has 2 aromatic rings. The lowest BCUT2D eigenvalue weighted by Gasteiger charge is -2.23. The molecule has 1 amide bonds. The van der Waals surface area contributed by atoms with Crippen molar-refractivity contribution in [3.8, 4) is 0 Å². The minimum Gasteiger partial charge on any atom is -0.481 e. The number of likely N-dealkylation sites (tertiary alicyclic amines) is 1. The van der Waals surface area contributed by atoms with E-state index in [1.807, 2.05) is 18.2 Å².